The zero-order chi connectivity index (χ0) is 11.5. The average molecular weight is 225 g/mol. The summed E-state index contributed by atoms with van der Waals surface area (Å²) in [6.45, 7) is 2.79. The largest absolute Gasteiger partial charge is 0.494 e. The highest BCUT2D eigenvalue weighted by Crippen LogP contribution is 2.28. The third-order valence-corrected chi connectivity index (χ3v) is 2.88. The maximum absolute atomic E-state index is 13.0. The van der Waals surface area contributed by atoms with E-state index in [1.54, 1.807) is 6.07 Å². The van der Waals surface area contributed by atoms with E-state index in [0.29, 0.717) is 5.75 Å². The standard InChI is InChI=1S/C12H16FNO2/c1-8-10(5-6-16-8)14-11-4-3-9(13)7-12(11)15-2/h3-4,7-8,10,14H,5-6H2,1-2H3. The van der Waals surface area contributed by atoms with Gasteiger partial charge in [0, 0.05) is 12.7 Å². The lowest BCUT2D eigenvalue weighted by Crippen LogP contribution is -2.26. The molecule has 4 heteroatoms. The van der Waals surface area contributed by atoms with Crippen molar-refractivity contribution >= 4 is 5.69 Å². The number of hydrogen-bond acceptors (Lipinski definition) is 3. The highest BCUT2D eigenvalue weighted by atomic mass is 19.1. The van der Waals surface area contributed by atoms with Crippen LogP contribution in [-0.4, -0.2) is 25.9 Å². The van der Waals surface area contributed by atoms with Crippen molar-refractivity contribution < 1.29 is 13.9 Å². The predicted molar refractivity (Wildman–Crippen MR) is 60.4 cm³/mol. The van der Waals surface area contributed by atoms with E-state index in [1.807, 2.05) is 6.92 Å². The summed E-state index contributed by atoms with van der Waals surface area (Å²) in [5, 5.41) is 3.32. The molecule has 1 fully saturated rings. The van der Waals surface area contributed by atoms with Gasteiger partial charge in [0.05, 0.1) is 24.9 Å². The van der Waals surface area contributed by atoms with Crippen LogP contribution in [0.15, 0.2) is 18.2 Å². The fourth-order valence-corrected chi connectivity index (χ4v) is 1.91. The molecule has 0 amide bonds. The highest BCUT2D eigenvalue weighted by molar-refractivity contribution is 5.57. The van der Waals surface area contributed by atoms with Crippen molar-refractivity contribution in [1.82, 2.24) is 0 Å². The van der Waals surface area contributed by atoms with Crippen LogP contribution in [0, 0.1) is 5.82 Å². The van der Waals surface area contributed by atoms with Crippen LogP contribution in [0.25, 0.3) is 0 Å². The number of benzene rings is 1. The van der Waals surface area contributed by atoms with E-state index >= 15 is 0 Å². The summed E-state index contributed by atoms with van der Waals surface area (Å²) in [4.78, 5) is 0. The molecule has 0 radical (unpaired) electrons. The van der Waals surface area contributed by atoms with E-state index < -0.39 is 0 Å². The number of rotatable bonds is 3. The summed E-state index contributed by atoms with van der Waals surface area (Å²) in [6, 6.07) is 4.76. The van der Waals surface area contributed by atoms with Crippen molar-refractivity contribution in [2.75, 3.05) is 19.0 Å². The quantitative estimate of drug-likeness (QED) is 0.857. The van der Waals surface area contributed by atoms with Crippen LogP contribution in [0.1, 0.15) is 13.3 Å². The summed E-state index contributed by atoms with van der Waals surface area (Å²) in [5.74, 6) is 0.234. The maximum Gasteiger partial charge on any atom is 0.144 e. The SMILES string of the molecule is COc1cc(F)ccc1NC1CCOC1C. The average Bonchev–Trinajstić information content (AvgIpc) is 2.67. The Bertz CT molecular complexity index is 370. The normalized spacial score (nSPS) is 24.4. The molecule has 0 aliphatic carbocycles. The lowest BCUT2D eigenvalue weighted by atomic mass is 10.1. The van der Waals surface area contributed by atoms with Crippen LogP contribution in [-0.2, 0) is 4.74 Å². The fourth-order valence-electron chi connectivity index (χ4n) is 1.91. The Morgan fingerprint density at radius 3 is 2.94 bits per heavy atom. The summed E-state index contributed by atoms with van der Waals surface area (Å²) in [6.07, 6.45) is 1.14. The number of anilines is 1. The molecule has 0 spiro atoms. The Morgan fingerprint density at radius 1 is 1.50 bits per heavy atom. The third kappa shape index (κ3) is 2.27. The van der Waals surface area contributed by atoms with E-state index in [0.717, 1.165) is 18.7 Å². The first-order valence-corrected chi connectivity index (χ1v) is 5.42. The van der Waals surface area contributed by atoms with E-state index in [-0.39, 0.29) is 18.0 Å². The molecule has 0 saturated carbocycles. The van der Waals surface area contributed by atoms with Gasteiger partial charge in [0.15, 0.2) is 0 Å². The van der Waals surface area contributed by atoms with Gasteiger partial charge in [0.25, 0.3) is 0 Å². The first kappa shape index (κ1) is 11.2. The van der Waals surface area contributed by atoms with Gasteiger partial charge in [-0.05, 0) is 25.5 Å². The van der Waals surface area contributed by atoms with Gasteiger partial charge in [-0.3, -0.25) is 0 Å². The minimum atomic E-state index is -0.293. The molecule has 1 aliphatic rings. The van der Waals surface area contributed by atoms with Crippen LogP contribution in [0.5, 0.6) is 5.75 Å². The van der Waals surface area contributed by atoms with Crippen molar-refractivity contribution in [2.45, 2.75) is 25.5 Å². The van der Waals surface area contributed by atoms with Crippen LogP contribution in [0.2, 0.25) is 0 Å². The first-order valence-electron chi connectivity index (χ1n) is 5.42. The van der Waals surface area contributed by atoms with Gasteiger partial charge in [-0.15, -0.1) is 0 Å². The van der Waals surface area contributed by atoms with Gasteiger partial charge in [-0.2, -0.15) is 0 Å². The van der Waals surface area contributed by atoms with E-state index in [2.05, 4.69) is 5.32 Å². The summed E-state index contributed by atoms with van der Waals surface area (Å²) >= 11 is 0. The Balaban J connectivity index is 2.14. The third-order valence-electron chi connectivity index (χ3n) is 2.88. The lowest BCUT2D eigenvalue weighted by Gasteiger charge is -2.19. The molecule has 2 unspecified atom stereocenters. The van der Waals surface area contributed by atoms with E-state index in [9.17, 15) is 4.39 Å². The number of ether oxygens (including phenoxy) is 2. The second-order valence-corrected chi connectivity index (χ2v) is 3.96. The van der Waals surface area contributed by atoms with Gasteiger partial charge < -0.3 is 14.8 Å². The van der Waals surface area contributed by atoms with E-state index in [1.165, 1.54) is 19.2 Å². The Morgan fingerprint density at radius 2 is 2.31 bits per heavy atom. The number of halogens is 1. The molecule has 1 aromatic carbocycles. The lowest BCUT2D eigenvalue weighted by molar-refractivity contribution is 0.121. The van der Waals surface area contributed by atoms with Gasteiger partial charge in [-0.1, -0.05) is 0 Å². The van der Waals surface area contributed by atoms with E-state index in [4.69, 9.17) is 9.47 Å². The van der Waals surface area contributed by atoms with Gasteiger partial charge in [0.2, 0.25) is 0 Å². The molecule has 1 N–H and O–H groups in total. The second-order valence-electron chi connectivity index (χ2n) is 3.96. The summed E-state index contributed by atoms with van der Waals surface area (Å²) < 4.78 is 23.6. The molecular weight excluding hydrogens is 209 g/mol. The van der Waals surface area contributed by atoms with Crippen molar-refractivity contribution in [3.63, 3.8) is 0 Å². The zero-order valence-corrected chi connectivity index (χ0v) is 9.50. The van der Waals surface area contributed by atoms with Crippen molar-refractivity contribution in [3.8, 4) is 5.75 Å². The fraction of sp³-hybridized carbons (Fsp3) is 0.500. The van der Waals surface area contributed by atoms with Gasteiger partial charge in [0.1, 0.15) is 11.6 Å². The first-order chi connectivity index (χ1) is 7.70. The molecule has 88 valence electrons. The van der Waals surface area contributed by atoms with Crippen LogP contribution < -0.4 is 10.1 Å². The molecule has 1 aromatic rings. The number of nitrogens with one attached hydrogen (secondary N) is 1. The Kier molecular flexibility index (Phi) is 3.29. The van der Waals surface area contributed by atoms with Crippen molar-refractivity contribution in [2.24, 2.45) is 0 Å². The molecule has 1 aliphatic heterocycles. The number of methoxy groups -OCH3 is 1. The highest BCUT2D eigenvalue weighted by Gasteiger charge is 2.24. The molecule has 2 rings (SSSR count). The minimum absolute atomic E-state index is 0.176. The molecule has 0 bridgehead atoms. The second kappa shape index (κ2) is 4.70. The van der Waals surface area contributed by atoms with Crippen LogP contribution >= 0.6 is 0 Å². The minimum Gasteiger partial charge on any atom is -0.494 e. The smallest absolute Gasteiger partial charge is 0.144 e. The topological polar surface area (TPSA) is 30.5 Å². The van der Waals surface area contributed by atoms with Gasteiger partial charge >= 0.3 is 0 Å². The predicted octanol–water partition coefficient (Wildman–Crippen LogP) is 2.42. The molecular formula is C12H16FNO2. The molecule has 3 nitrogen and oxygen atoms in total. The zero-order valence-electron chi connectivity index (χ0n) is 9.50. The summed E-state index contributed by atoms with van der Waals surface area (Å²) in [7, 11) is 1.54. The Labute approximate surface area is 94.6 Å². The number of hydrogen-bond donors (Lipinski definition) is 1. The molecule has 1 heterocycles. The molecule has 0 aromatic heterocycles. The summed E-state index contributed by atoms with van der Waals surface area (Å²) in [5.41, 5.74) is 0.811. The van der Waals surface area contributed by atoms with Gasteiger partial charge in [-0.25, -0.2) is 4.39 Å². The monoisotopic (exact) mass is 225 g/mol. The Hall–Kier alpha value is -1.29. The van der Waals surface area contributed by atoms with Crippen molar-refractivity contribution in [3.05, 3.63) is 24.0 Å². The maximum atomic E-state index is 13.0. The molecule has 16 heavy (non-hydrogen) atoms. The molecule has 1 saturated heterocycles. The van der Waals surface area contributed by atoms with Crippen molar-refractivity contribution in [1.29, 1.82) is 0 Å². The molecule has 2 atom stereocenters. The van der Waals surface area contributed by atoms with Crippen LogP contribution in [0.4, 0.5) is 10.1 Å². The van der Waals surface area contributed by atoms with Crippen LogP contribution in [0.3, 0.4) is 0 Å².